The molecule has 4 heteroatoms. The van der Waals surface area contributed by atoms with Gasteiger partial charge in [-0.1, -0.05) is 45.9 Å². The fraction of sp³-hybridized carbons (Fsp3) is 0.500. The van der Waals surface area contributed by atoms with Crippen LogP contribution in [0.5, 0.6) is 0 Å². The van der Waals surface area contributed by atoms with Gasteiger partial charge in [-0.3, -0.25) is 0 Å². The molecule has 124 valence electrons. The molecule has 1 aromatic carbocycles. The normalized spacial score (nSPS) is 8.23. The second kappa shape index (κ2) is 14.0. The SMILES string of the molecule is CC.CC.CN(C)c1ccccc1.Cc1nc(C)nc(C)n1. The van der Waals surface area contributed by atoms with Crippen molar-refractivity contribution >= 4 is 5.69 Å². The number of hydrogen-bond donors (Lipinski definition) is 0. The molecule has 0 unspecified atom stereocenters. The third-order valence-corrected chi connectivity index (χ3v) is 2.24. The van der Waals surface area contributed by atoms with E-state index >= 15 is 0 Å². The van der Waals surface area contributed by atoms with Gasteiger partial charge in [0.2, 0.25) is 0 Å². The molecule has 1 aromatic heterocycles. The Hall–Kier alpha value is -1.97. The molecule has 22 heavy (non-hydrogen) atoms. The Morgan fingerprint density at radius 3 is 1.18 bits per heavy atom. The zero-order valence-electron chi connectivity index (χ0n) is 15.7. The summed E-state index contributed by atoms with van der Waals surface area (Å²) in [6.07, 6.45) is 0. The number of hydrogen-bond acceptors (Lipinski definition) is 4. The van der Waals surface area contributed by atoms with Gasteiger partial charge in [-0.05, 0) is 32.9 Å². The van der Waals surface area contributed by atoms with Crippen molar-refractivity contribution in [3.63, 3.8) is 0 Å². The molecule has 0 saturated heterocycles. The molecule has 0 aliphatic heterocycles. The number of anilines is 1. The second-order valence-electron chi connectivity index (χ2n) is 4.21. The molecule has 4 nitrogen and oxygen atoms in total. The Labute approximate surface area is 136 Å². The summed E-state index contributed by atoms with van der Waals surface area (Å²) in [6.45, 7) is 13.6. The summed E-state index contributed by atoms with van der Waals surface area (Å²) in [5.74, 6) is 2.38. The first kappa shape index (κ1) is 22.3. The summed E-state index contributed by atoms with van der Waals surface area (Å²) in [4.78, 5) is 14.1. The smallest absolute Gasteiger partial charge is 0.129 e. The highest BCUT2D eigenvalue weighted by Gasteiger charge is 1.91. The Kier molecular flexibility index (Phi) is 14.2. The standard InChI is InChI=1S/C8H11N.C6H9N3.2C2H6/c1-9(2)8-6-4-3-5-7-8;1-4-7-5(2)9-6(3)8-4;2*1-2/h3-7H,1-2H3;1-3H3;2*1-2H3. The third kappa shape index (κ3) is 10.8. The van der Waals surface area contributed by atoms with Crippen LogP contribution in [0.1, 0.15) is 45.2 Å². The highest BCUT2D eigenvalue weighted by Crippen LogP contribution is 2.07. The van der Waals surface area contributed by atoms with E-state index < -0.39 is 0 Å². The minimum absolute atomic E-state index is 0.792. The zero-order valence-corrected chi connectivity index (χ0v) is 15.7. The van der Waals surface area contributed by atoms with E-state index in [4.69, 9.17) is 0 Å². The highest BCUT2D eigenvalue weighted by atomic mass is 15.1. The van der Waals surface area contributed by atoms with E-state index in [0.29, 0.717) is 0 Å². The molecule has 0 radical (unpaired) electrons. The number of rotatable bonds is 1. The zero-order chi connectivity index (χ0) is 17.5. The largest absolute Gasteiger partial charge is 0.378 e. The van der Waals surface area contributed by atoms with E-state index in [2.05, 4.69) is 32.0 Å². The lowest BCUT2D eigenvalue weighted by Gasteiger charge is -2.10. The summed E-state index contributed by atoms with van der Waals surface area (Å²) >= 11 is 0. The lowest BCUT2D eigenvalue weighted by Crippen LogP contribution is -2.07. The molecular formula is C18H32N4. The summed E-state index contributed by atoms with van der Waals surface area (Å²) < 4.78 is 0. The van der Waals surface area contributed by atoms with Gasteiger partial charge in [0.15, 0.2) is 0 Å². The predicted octanol–water partition coefficient (Wildman–Crippen LogP) is 4.60. The van der Waals surface area contributed by atoms with Crippen LogP contribution in [-0.2, 0) is 0 Å². The van der Waals surface area contributed by atoms with Crippen LogP contribution in [0.15, 0.2) is 30.3 Å². The molecule has 0 bridgehead atoms. The van der Waals surface area contributed by atoms with Gasteiger partial charge in [0.25, 0.3) is 0 Å². The topological polar surface area (TPSA) is 41.9 Å². The summed E-state index contributed by atoms with van der Waals surface area (Å²) in [5.41, 5.74) is 1.25. The number of aryl methyl sites for hydroxylation is 3. The maximum atomic E-state index is 4.01. The van der Waals surface area contributed by atoms with Crippen LogP contribution in [0.2, 0.25) is 0 Å². The Bertz CT molecular complexity index is 431. The number of para-hydroxylation sites is 1. The van der Waals surface area contributed by atoms with Crippen molar-refractivity contribution in [3.8, 4) is 0 Å². The summed E-state index contributed by atoms with van der Waals surface area (Å²) in [6, 6.07) is 10.3. The molecule has 0 aliphatic carbocycles. The first-order chi connectivity index (χ1) is 10.5. The van der Waals surface area contributed by atoms with Gasteiger partial charge in [0.1, 0.15) is 17.5 Å². The van der Waals surface area contributed by atoms with Crippen LogP contribution in [-0.4, -0.2) is 29.0 Å². The second-order valence-corrected chi connectivity index (χ2v) is 4.21. The van der Waals surface area contributed by atoms with Gasteiger partial charge in [-0.2, -0.15) is 0 Å². The van der Waals surface area contributed by atoms with Crippen molar-refractivity contribution in [3.05, 3.63) is 47.8 Å². The first-order valence-electron chi connectivity index (χ1n) is 7.87. The first-order valence-corrected chi connectivity index (χ1v) is 7.87. The predicted molar refractivity (Wildman–Crippen MR) is 97.5 cm³/mol. The molecule has 2 rings (SSSR count). The van der Waals surface area contributed by atoms with Crippen molar-refractivity contribution in [1.82, 2.24) is 15.0 Å². The average molecular weight is 304 g/mol. The van der Waals surface area contributed by atoms with Crippen molar-refractivity contribution in [2.45, 2.75) is 48.5 Å². The van der Waals surface area contributed by atoms with Gasteiger partial charge in [0, 0.05) is 19.8 Å². The molecule has 2 aromatic rings. The van der Waals surface area contributed by atoms with Crippen LogP contribution in [0, 0.1) is 20.8 Å². The third-order valence-electron chi connectivity index (χ3n) is 2.24. The molecule has 0 saturated carbocycles. The van der Waals surface area contributed by atoms with Crippen LogP contribution in [0.4, 0.5) is 5.69 Å². The average Bonchev–Trinajstić information content (AvgIpc) is 2.51. The minimum atomic E-state index is 0.792. The van der Waals surface area contributed by atoms with Crippen LogP contribution >= 0.6 is 0 Å². The van der Waals surface area contributed by atoms with E-state index in [9.17, 15) is 0 Å². The molecule has 1 heterocycles. The van der Waals surface area contributed by atoms with E-state index in [1.807, 2.05) is 80.8 Å². The van der Waals surface area contributed by atoms with Crippen molar-refractivity contribution in [2.24, 2.45) is 0 Å². The van der Waals surface area contributed by atoms with Gasteiger partial charge < -0.3 is 4.90 Å². The van der Waals surface area contributed by atoms with Crippen molar-refractivity contribution in [2.75, 3.05) is 19.0 Å². The Morgan fingerprint density at radius 1 is 0.636 bits per heavy atom. The van der Waals surface area contributed by atoms with Gasteiger partial charge in [-0.25, -0.2) is 15.0 Å². The maximum Gasteiger partial charge on any atom is 0.129 e. The molecule has 0 atom stereocenters. The van der Waals surface area contributed by atoms with E-state index in [1.165, 1.54) is 5.69 Å². The van der Waals surface area contributed by atoms with Crippen LogP contribution in [0.25, 0.3) is 0 Å². The molecule has 0 aliphatic rings. The minimum Gasteiger partial charge on any atom is -0.378 e. The summed E-state index contributed by atoms with van der Waals surface area (Å²) in [5, 5.41) is 0. The lowest BCUT2D eigenvalue weighted by atomic mass is 10.3. The van der Waals surface area contributed by atoms with Gasteiger partial charge in [-0.15, -0.1) is 0 Å². The van der Waals surface area contributed by atoms with Crippen molar-refractivity contribution in [1.29, 1.82) is 0 Å². The maximum absolute atomic E-state index is 4.01. The summed E-state index contributed by atoms with van der Waals surface area (Å²) in [7, 11) is 4.07. The fourth-order valence-corrected chi connectivity index (χ4v) is 1.50. The van der Waals surface area contributed by atoms with E-state index in [0.717, 1.165) is 17.5 Å². The van der Waals surface area contributed by atoms with E-state index in [-0.39, 0.29) is 0 Å². The molecule has 0 amide bonds. The van der Waals surface area contributed by atoms with Crippen LogP contribution < -0.4 is 4.90 Å². The highest BCUT2D eigenvalue weighted by molar-refractivity contribution is 5.43. The Balaban J connectivity index is 0. The van der Waals surface area contributed by atoms with Gasteiger partial charge >= 0.3 is 0 Å². The monoisotopic (exact) mass is 304 g/mol. The quantitative estimate of drug-likeness (QED) is 0.772. The fourth-order valence-electron chi connectivity index (χ4n) is 1.50. The Morgan fingerprint density at radius 2 is 0.955 bits per heavy atom. The van der Waals surface area contributed by atoms with E-state index in [1.54, 1.807) is 0 Å². The number of nitrogens with zero attached hydrogens (tertiary/aromatic N) is 4. The molecule has 0 N–H and O–H groups in total. The lowest BCUT2D eigenvalue weighted by molar-refractivity contribution is 0.875. The van der Waals surface area contributed by atoms with Crippen molar-refractivity contribution < 1.29 is 0 Å². The molecular weight excluding hydrogens is 272 g/mol. The number of aromatic nitrogens is 3. The number of benzene rings is 1. The van der Waals surface area contributed by atoms with Crippen LogP contribution in [0.3, 0.4) is 0 Å². The molecule has 0 spiro atoms. The molecule has 0 fully saturated rings. The van der Waals surface area contributed by atoms with Gasteiger partial charge in [0.05, 0.1) is 0 Å².